The van der Waals surface area contributed by atoms with E-state index in [1.54, 1.807) is 56.2 Å². The van der Waals surface area contributed by atoms with E-state index in [0.29, 0.717) is 0 Å². The Kier molecular flexibility index (Phi) is 63.8. The number of hydrogen-bond donors (Lipinski definition) is 0. The quantitative estimate of drug-likeness (QED) is 0.0421. The second-order valence-corrected chi connectivity index (χ2v) is 28.4. The molecular weight excluding hydrogens is 843 g/mol. The first kappa shape index (κ1) is 67.9. The standard InChI is InChI=1S/C65H134P2/c1-5-9-13-17-21-25-29-33-37-41-45-49-53-57-61-66(62-58-54-50-46-42-38-34-30-26-22-18-14-10-6-2)65-67(63-59-55-51-47-43-39-35-31-27-23-19-15-11-7-3)64-60-56-52-48-44-40-36-32-28-24-20-16-12-8-4/h5-65H2,1-4H3. The average molecular weight is 978 g/mol. The summed E-state index contributed by atoms with van der Waals surface area (Å²) in [5.74, 6) is 1.71. The molecule has 2 heteroatoms. The summed E-state index contributed by atoms with van der Waals surface area (Å²) in [6.07, 6.45) is 90.1. The van der Waals surface area contributed by atoms with Gasteiger partial charge in [0.05, 0.1) is 0 Å². The lowest BCUT2D eigenvalue weighted by Crippen LogP contribution is -2.01. The van der Waals surface area contributed by atoms with Crippen molar-refractivity contribution in [1.29, 1.82) is 0 Å². The summed E-state index contributed by atoms with van der Waals surface area (Å²) in [4.78, 5) is 0. The molecule has 0 aliphatic heterocycles. The van der Waals surface area contributed by atoms with Crippen molar-refractivity contribution in [2.24, 2.45) is 0 Å². The third kappa shape index (κ3) is 59.3. The zero-order valence-electron chi connectivity index (χ0n) is 48.0. The maximum atomic E-state index is 2.33. The fourth-order valence-electron chi connectivity index (χ4n) is 10.9. The molecule has 0 aliphatic rings. The molecular formula is C65H134P2. The number of hydrogen-bond acceptors (Lipinski definition) is 0. The van der Waals surface area contributed by atoms with E-state index in [1.165, 1.54) is 334 Å². The first-order valence-electron chi connectivity index (χ1n) is 32.7. The van der Waals surface area contributed by atoms with Crippen LogP contribution in [0.1, 0.15) is 387 Å². The van der Waals surface area contributed by atoms with E-state index in [0.717, 1.165) is 0 Å². The Labute approximate surface area is 431 Å². The van der Waals surface area contributed by atoms with Crippen molar-refractivity contribution in [2.45, 2.75) is 387 Å². The average Bonchev–Trinajstić information content (AvgIpc) is 3.34. The molecule has 404 valence electrons. The van der Waals surface area contributed by atoms with E-state index in [9.17, 15) is 0 Å². The molecule has 0 unspecified atom stereocenters. The predicted molar refractivity (Wildman–Crippen MR) is 319 cm³/mol. The second-order valence-electron chi connectivity index (χ2n) is 22.8. The molecule has 67 heavy (non-hydrogen) atoms. The fraction of sp³-hybridized carbons (Fsp3) is 1.00. The summed E-state index contributed by atoms with van der Waals surface area (Å²) in [7, 11) is 0.525. The van der Waals surface area contributed by atoms with E-state index in [1.807, 2.05) is 0 Å². The Morgan fingerprint density at radius 3 is 0.358 bits per heavy atom. The van der Waals surface area contributed by atoms with Crippen LogP contribution in [0.2, 0.25) is 0 Å². The molecule has 0 rings (SSSR count). The van der Waals surface area contributed by atoms with Crippen LogP contribution in [-0.2, 0) is 0 Å². The van der Waals surface area contributed by atoms with E-state index in [-0.39, 0.29) is 15.8 Å². The molecule has 0 amide bonds. The van der Waals surface area contributed by atoms with Crippen molar-refractivity contribution in [3.63, 3.8) is 0 Å². The van der Waals surface area contributed by atoms with Gasteiger partial charge >= 0.3 is 0 Å². The zero-order chi connectivity index (χ0) is 48.3. The molecule has 0 spiro atoms. The summed E-state index contributed by atoms with van der Waals surface area (Å²) in [6.45, 7) is 9.34. The zero-order valence-corrected chi connectivity index (χ0v) is 49.8. The third-order valence-corrected chi connectivity index (χ3v) is 22.7. The van der Waals surface area contributed by atoms with Crippen LogP contribution in [-0.4, -0.2) is 30.6 Å². The van der Waals surface area contributed by atoms with Crippen LogP contribution in [0.25, 0.3) is 0 Å². The van der Waals surface area contributed by atoms with Crippen molar-refractivity contribution >= 4 is 15.8 Å². The molecule has 0 heterocycles. The van der Waals surface area contributed by atoms with E-state index in [2.05, 4.69) is 27.7 Å². The van der Waals surface area contributed by atoms with Crippen LogP contribution in [0.4, 0.5) is 0 Å². The highest BCUT2D eigenvalue weighted by atomic mass is 31.2. The lowest BCUT2D eigenvalue weighted by Gasteiger charge is -2.25. The van der Waals surface area contributed by atoms with E-state index >= 15 is 0 Å². The van der Waals surface area contributed by atoms with Crippen LogP contribution >= 0.6 is 15.8 Å². The Morgan fingerprint density at radius 1 is 0.134 bits per heavy atom. The van der Waals surface area contributed by atoms with Crippen molar-refractivity contribution < 1.29 is 0 Å². The second kappa shape index (κ2) is 63.0. The normalized spacial score (nSPS) is 11.9. The molecule has 0 fully saturated rings. The minimum atomic E-state index is 0.263. The third-order valence-electron chi connectivity index (χ3n) is 15.7. The van der Waals surface area contributed by atoms with Crippen LogP contribution in [0.5, 0.6) is 0 Å². The molecule has 0 nitrogen and oxygen atoms in total. The Hall–Kier alpha value is 0.860. The van der Waals surface area contributed by atoms with Crippen molar-refractivity contribution in [3.05, 3.63) is 0 Å². The Morgan fingerprint density at radius 2 is 0.239 bits per heavy atom. The van der Waals surface area contributed by atoms with Gasteiger partial charge in [-0.05, 0) is 56.2 Å². The van der Waals surface area contributed by atoms with Gasteiger partial charge in [0.1, 0.15) is 0 Å². The monoisotopic (exact) mass is 977 g/mol. The van der Waals surface area contributed by atoms with E-state index < -0.39 is 0 Å². The van der Waals surface area contributed by atoms with Gasteiger partial charge < -0.3 is 0 Å². The van der Waals surface area contributed by atoms with Crippen molar-refractivity contribution in [3.8, 4) is 0 Å². The molecule has 0 aliphatic carbocycles. The summed E-state index contributed by atoms with van der Waals surface area (Å²) in [5.41, 5.74) is 0. The maximum Gasteiger partial charge on any atom is -0.0120 e. The van der Waals surface area contributed by atoms with Crippen LogP contribution in [0, 0.1) is 0 Å². The summed E-state index contributed by atoms with van der Waals surface area (Å²) in [5, 5.41) is 0. The van der Waals surface area contributed by atoms with Crippen molar-refractivity contribution in [1.82, 2.24) is 0 Å². The minimum Gasteiger partial charge on any atom is -0.102 e. The number of rotatable bonds is 62. The fourth-order valence-corrected chi connectivity index (χ4v) is 18.6. The van der Waals surface area contributed by atoms with Crippen LogP contribution < -0.4 is 0 Å². The first-order valence-corrected chi connectivity index (χ1v) is 36.5. The number of unbranched alkanes of at least 4 members (excludes halogenated alkanes) is 52. The van der Waals surface area contributed by atoms with Crippen LogP contribution in [0.15, 0.2) is 0 Å². The highest BCUT2D eigenvalue weighted by Gasteiger charge is 2.16. The Balaban J connectivity index is 4.84. The molecule has 0 saturated heterocycles. The van der Waals surface area contributed by atoms with Crippen molar-refractivity contribution in [2.75, 3.05) is 30.6 Å². The molecule has 0 N–H and O–H groups in total. The molecule has 0 saturated carbocycles. The molecule has 0 aromatic carbocycles. The van der Waals surface area contributed by atoms with Gasteiger partial charge in [0.2, 0.25) is 0 Å². The molecule has 0 bridgehead atoms. The molecule has 0 radical (unpaired) electrons. The predicted octanol–water partition coefficient (Wildman–Crippen LogP) is 25.8. The highest BCUT2D eigenvalue weighted by molar-refractivity contribution is 7.74. The van der Waals surface area contributed by atoms with E-state index in [4.69, 9.17) is 0 Å². The highest BCUT2D eigenvalue weighted by Crippen LogP contribution is 2.53. The van der Waals surface area contributed by atoms with Gasteiger partial charge in [-0.1, -0.05) is 362 Å². The van der Waals surface area contributed by atoms with Gasteiger partial charge in [0, 0.05) is 0 Å². The Bertz CT molecular complexity index is 696. The SMILES string of the molecule is CCCCCCCCCCCCCCCCP(CCCCCCCCCCCCCCCC)CP(CCCCCCCCCCCCCCCC)CCCCCCCCCCCCCCCC. The summed E-state index contributed by atoms with van der Waals surface area (Å²) < 4.78 is 0. The smallest absolute Gasteiger partial charge is 0.0120 e. The first-order chi connectivity index (χ1) is 33.3. The molecule has 0 aromatic heterocycles. The largest absolute Gasteiger partial charge is 0.102 e. The van der Waals surface area contributed by atoms with Gasteiger partial charge in [0.25, 0.3) is 0 Å². The van der Waals surface area contributed by atoms with Gasteiger partial charge in [-0.3, -0.25) is 0 Å². The summed E-state index contributed by atoms with van der Waals surface area (Å²) in [6, 6.07) is 0. The van der Waals surface area contributed by atoms with Gasteiger partial charge in [-0.25, -0.2) is 0 Å². The molecule has 0 atom stereocenters. The maximum absolute atomic E-state index is 2.33. The lowest BCUT2D eigenvalue weighted by atomic mass is 10.0. The molecule has 0 aromatic rings. The van der Waals surface area contributed by atoms with Crippen LogP contribution in [0.3, 0.4) is 0 Å². The van der Waals surface area contributed by atoms with Gasteiger partial charge in [-0.2, -0.15) is 0 Å². The lowest BCUT2D eigenvalue weighted by molar-refractivity contribution is 0.538. The summed E-state index contributed by atoms with van der Waals surface area (Å²) >= 11 is 0. The van der Waals surface area contributed by atoms with Gasteiger partial charge in [0.15, 0.2) is 0 Å². The van der Waals surface area contributed by atoms with Gasteiger partial charge in [-0.15, -0.1) is 15.8 Å². The minimum absolute atomic E-state index is 0.263. The topological polar surface area (TPSA) is 0 Å².